The van der Waals surface area contributed by atoms with Crippen LogP contribution >= 0.6 is 39.1 Å². The molecule has 6 heteroatoms. The highest BCUT2D eigenvalue weighted by Crippen LogP contribution is 2.38. The molecule has 0 heterocycles. The molecule has 0 saturated carbocycles. The average Bonchev–Trinajstić information content (AvgIpc) is 2.46. The van der Waals surface area contributed by atoms with Crippen molar-refractivity contribution in [1.82, 2.24) is 0 Å². The van der Waals surface area contributed by atoms with Crippen LogP contribution in [0.15, 0.2) is 34.8 Å². The minimum atomic E-state index is -0.452. The molecule has 1 unspecified atom stereocenters. The lowest BCUT2D eigenvalue weighted by Crippen LogP contribution is -2.14. The zero-order valence-corrected chi connectivity index (χ0v) is 14.6. The van der Waals surface area contributed by atoms with E-state index in [4.69, 9.17) is 38.4 Å². The van der Waals surface area contributed by atoms with E-state index in [0.29, 0.717) is 21.5 Å². The first-order valence-electron chi connectivity index (χ1n) is 6.10. The van der Waals surface area contributed by atoms with Gasteiger partial charge in [0.1, 0.15) is 11.5 Å². The molecule has 0 aliphatic carbocycles. The van der Waals surface area contributed by atoms with E-state index >= 15 is 0 Å². The number of benzene rings is 2. The van der Waals surface area contributed by atoms with Gasteiger partial charge in [0.15, 0.2) is 0 Å². The zero-order chi connectivity index (χ0) is 15.6. The molecule has 2 rings (SSSR count). The van der Waals surface area contributed by atoms with Gasteiger partial charge < -0.3 is 15.2 Å². The second-order valence-corrected chi connectivity index (χ2v) is 6.07. The van der Waals surface area contributed by atoms with E-state index in [1.807, 2.05) is 18.2 Å². The predicted octanol–water partition coefficient (Wildman–Crippen LogP) is 4.82. The Bertz CT molecular complexity index is 664. The Morgan fingerprint density at radius 1 is 1.00 bits per heavy atom. The van der Waals surface area contributed by atoms with E-state index in [-0.39, 0.29) is 0 Å². The quantitative estimate of drug-likeness (QED) is 0.813. The Kier molecular flexibility index (Phi) is 5.38. The summed E-state index contributed by atoms with van der Waals surface area (Å²) in [6, 6.07) is 8.43. The summed E-state index contributed by atoms with van der Waals surface area (Å²) in [4.78, 5) is 0. The summed E-state index contributed by atoms with van der Waals surface area (Å²) in [6.45, 7) is 0. The number of hydrogen-bond acceptors (Lipinski definition) is 3. The standard InChI is InChI=1S/C15H14BrCl2NO2/c1-20-13-7-11(16)14(21-2)6-10(13)15(19)9-4-3-8(17)5-12(9)18/h3-7,15H,19H2,1-2H3. The lowest BCUT2D eigenvalue weighted by atomic mass is 9.98. The number of rotatable bonds is 4. The number of halogens is 3. The van der Waals surface area contributed by atoms with Gasteiger partial charge in [-0.15, -0.1) is 0 Å². The maximum absolute atomic E-state index is 6.34. The summed E-state index contributed by atoms with van der Waals surface area (Å²) in [5, 5.41) is 1.08. The van der Waals surface area contributed by atoms with E-state index in [1.54, 1.807) is 26.4 Å². The Morgan fingerprint density at radius 3 is 2.24 bits per heavy atom. The lowest BCUT2D eigenvalue weighted by molar-refractivity contribution is 0.395. The average molecular weight is 391 g/mol. The fourth-order valence-electron chi connectivity index (χ4n) is 2.05. The second-order valence-electron chi connectivity index (χ2n) is 4.37. The van der Waals surface area contributed by atoms with Crippen molar-refractivity contribution in [1.29, 1.82) is 0 Å². The topological polar surface area (TPSA) is 44.5 Å². The van der Waals surface area contributed by atoms with Gasteiger partial charge in [0, 0.05) is 15.6 Å². The number of hydrogen-bond donors (Lipinski definition) is 1. The van der Waals surface area contributed by atoms with Gasteiger partial charge in [-0.3, -0.25) is 0 Å². The van der Waals surface area contributed by atoms with Crippen molar-refractivity contribution in [3.05, 3.63) is 56.0 Å². The third kappa shape index (κ3) is 3.46. The summed E-state index contributed by atoms with van der Waals surface area (Å²) >= 11 is 15.6. The summed E-state index contributed by atoms with van der Waals surface area (Å²) < 4.78 is 11.5. The molecule has 0 radical (unpaired) electrons. The Balaban J connectivity index is 2.53. The van der Waals surface area contributed by atoms with Crippen LogP contribution in [0.3, 0.4) is 0 Å². The molecule has 0 spiro atoms. The molecule has 0 saturated heterocycles. The zero-order valence-electron chi connectivity index (χ0n) is 11.5. The minimum absolute atomic E-state index is 0.452. The lowest BCUT2D eigenvalue weighted by Gasteiger charge is -2.19. The van der Waals surface area contributed by atoms with Crippen molar-refractivity contribution in [2.75, 3.05) is 14.2 Å². The van der Waals surface area contributed by atoms with Gasteiger partial charge in [-0.05, 0) is 45.8 Å². The smallest absolute Gasteiger partial charge is 0.133 e. The highest BCUT2D eigenvalue weighted by molar-refractivity contribution is 9.10. The molecule has 0 fully saturated rings. The van der Waals surface area contributed by atoms with E-state index < -0.39 is 6.04 Å². The molecular formula is C15H14BrCl2NO2. The van der Waals surface area contributed by atoms with Gasteiger partial charge in [-0.25, -0.2) is 0 Å². The van der Waals surface area contributed by atoms with Gasteiger partial charge in [0.2, 0.25) is 0 Å². The largest absolute Gasteiger partial charge is 0.496 e. The first-order chi connectivity index (χ1) is 9.97. The van der Waals surface area contributed by atoms with Crippen LogP contribution in [0, 0.1) is 0 Å². The monoisotopic (exact) mass is 389 g/mol. The molecule has 0 bridgehead atoms. The SMILES string of the molecule is COc1cc(C(N)c2ccc(Cl)cc2Cl)c(OC)cc1Br. The van der Waals surface area contributed by atoms with Crippen LogP contribution in [-0.4, -0.2) is 14.2 Å². The van der Waals surface area contributed by atoms with Crippen LogP contribution in [0.4, 0.5) is 0 Å². The van der Waals surface area contributed by atoms with Crippen molar-refractivity contribution in [2.45, 2.75) is 6.04 Å². The fraction of sp³-hybridized carbons (Fsp3) is 0.200. The molecule has 0 aliphatic heterocycles. The first-order valence-corrected chi connectivity index (χ1v) is 7.64. The minimum Gasteiger partial charge on any atom is -0.496 e. The highest BCUT2D eigenvalue weighted by atomic mass is 79.9. The maximum Gasteiger partial charge on any atom is 0.133 e. The van der Waals surface area contributed by atoms with Crippen molar-refractivity contribution < 1.29 is 9.47 Å². The molecule has 21 heavy (non-hydrogen) atoms. The van der Waals surface area contributed by atoms with Gasteiger partial charge in [0.05, 0.1) is 24.7 Å². The summed E-state index contributed by atoms with van der Waals surface area (Å²) in [5.74, 6) is 1.33. The first kappa shape index (κ1) is 16.4. The molecule has 1 atom stereocenters. The van der Waals surface area contributed by atoms with Crippen LogP contribution < -0.4 is 15.2 Å². The summed E-state index contributed by atoms with van der Waals surface area (Å²) in [6.07, 6.45) is 0. The van der Waals surface area contributed by atoms with Gasteiger partial charge in [0.25, 0.3) is 0 Å². The Labute approximate surface area is 142 Å². The summed E-state index contributed by atoms with van der Waals surface area (Å²) in [7, 11) is 3.19. The molecule has 112 valence electrons. The molecule has 2 aromatic rings. The van der Waals surface area contributed by atoms with Gasteiger partial charge in [-0.1, -0.05) is 29.3 Å². The highest BCUT2D eigenvalue weighted by Gasteiger charge is 2.19. The van der Waals surface area contributed by atoms with Crippen molar-refractivity contribution in [2.24, 2.45) is 5.73 Å². The molecule has 0 amide bonds. The van der Waals surface area contributed by atoms with Crippen molar-refractivity contribution >= 4 is 39.1 Å². The molecule has 2 N–H and O–H groups in total. The van der Waals surface area contributed by atoms with E-state index in [2.05, 4.69) is 15.9 Å². The van der Waals surface area contributed by atoms with Crippen molar-refractivity contribution in [3.63, 3.8) is 0 Å². The number of nitrogens with two attached hydrogens (primary N) is 1. The molecule has 0 aliphatic rings. The number of methoxy groups -OCH3 is 2. The molecule has 2 aromatic carbocycles. The van der Waals surface area contributed by atoms with Crippen LogP contribution in [0.1, 0.15) is 17.2 Å². The number of ether oxygens (including phenoxy) is 2. The van der Waals surface area contributed by atoms with Gasteiger partial charge in [-0.2, -0.15) is 0 Å². The van der Waals surface area contributed by atoms with Crippen molar-refractivity contribution in [3.8, 4) is 11.5 Å². The molecule has 0 aromatic heterocycles. The van der Waals surface area contributed by atoms with E-state index in [9.17, 15) is 0 Å². The van der Waals surface area contributed by atoms with Crippen LogP contribution in [0.2, 0.25) is 10.0 Å². The third-order valence-electron chi connectivity index (χ3n) is 3.14. The second kappa shape index (κ2) is 6.88. The van der Waals surface area contributed by atoms with Crippen LogP contribution in [-0.2, 0) is 0 Å². The summed E-state index contributed by atoms with van der Waals surface area (Å²) in [5.41, 5.74) is 7.89. The maximum atomic E-state index is 6.34. The molecule has 3 nitrogen and oxygen atoms in total. The van der Waals surface area contributed by atoms with E-state index in [0.717, 1.165) is 15.6 Å². The van der Waals surface area contributed by atoms with Crippen LogP contribution in [0.5, 0.6) is 11.5 Å². The predicted molar refractivity (Wildman–Crippen MR) is 89.7 cm³/mol. The Hall–Kier alpha value is -0.940. The van der Waals surface area contributed by atoms with Gasteiger partial charge >= 0.3 is 0 Å². The third-order valence-corrected chi connectivity index (χ3v) is 4.32. The Morgan fingerprint density at radius 2 is 1.67 bits per heavy atom. The van der Waals surface area contributed by atoms with Crippen LogP contribution in [0.25, 0.3) is 0 Å². The normalized spacial score (nSPS) is 12.1. The fourth-order valence-corrected chi connectivity index (χ4v) is 3.06. The van der Waals surface area contributed by atoms with E-state index in [1.165, 1.54) is 0 Å². The molecular weight excluding hydrogens is 377 g/mol.